The monoisotopic (exact) mass is 779 g/mol. The number of carbonyl (C=O) groups excluding carboxylic acids is 2. The lowest BCUT2D eigenvalue weighted by Gasteiger charge is -2.30. The van der Waals surface area contributed by atoms with Crippen LogP contribution in [-0.2, 0) is 6.54 Å². The van der Waals surface area contributed by atoms with Gasteiger partial charge in [-0.2, -0.15) is 0 Å². The molecule has 6 nitrogen and oxygen atoms in total. The fraction of sp³-hybridized carbons (Fsp3) is 0.235. The van der Waals surface area contributed by atoms with Gasteiger partial charge in [0.25, 0.3) is 11.8 Å². The Morgan fingerprint density at radius 3 is 2.17 bits per heavy atom. The second-order valence-corrected chi connectivity index (χ2v) is 16.5. The van der Waals surface area contributed by atoms with Gasteiger partial charge >= 0.3 is 0 Å². The Morgan fingerprint density at radius 1 is 0.690 bits per heavy atom. The number of imide groups is 1. The Bertz CT molecular complexity index is 2920. The summed E-state index contributed by atoms with van der Waals surface area (Å²) in [4.78, 5) is 34.2. The lowest BCUT2D eigenvalue weighted by Crippen LogP contribution is -2.43. The van der Waals surface area contributed by atoms with Gasteiger partial charge in [-0.15, -0.1) is 11.3 Å². The normalized spacial score (nSPS) is 13.2. The van der Waals surface area contributed by atoms with Gasteiger partial charge < -0.3 is 9.67 Å². The lowest BCUT2D eigenvalue weighted by molar-refractivity contribution is 0.0580. The molecular formula is C51H45N3O3S. The molecule has 1 unspecified atom stereocenters. The quantitative estimate of drug-likeness (QED) is 0.105. The Hall–Kier alpha value is -6.23. The smallest absolute Gasteiger partial charge is 0.261 e. The van der Waals surface area contributed by atoms with Crippen LogP contribution < -0.4 is 0 Å². The molecular weight excluding hydrogens is 735 g/mol. The number of hydrogen-bond donors (Lipinski definition) is 1. The number of carbonyl (C=O) groups is 2. The molecule has 8 aromatic rings. The van der Waals surface area contributed by atoms with Crippen molar-refractivity contribution in [3.05, 3.63) is 131 Å². The maximum Gasteiger partial charge on any atom is 0.261 e. The molecule has 58 heavy (non-hydrogen) atoms. The third-order valence-corrected chi connectivity index (χ3v) is 12.8. The van der Waals surface area contributed by atoms with Crippen LogP contribution in [0.25, 0.3) is 64.5 Å². The zero-order chi connectivity index (χ0) is 39.9. The van der Waals surface area contributed by atoms with E-state index in [-0.39, 0.29) is 17.6 Å². The van der Waals surface area contributed by atoms with Gasteiger partial charge in [-0.1, -0.05) is 94.7 Å². The zero-order valence-electron chi connectivity index (χ0n) is 33.1. The van der Waals surface area contributed by atoms with Crippen molar-refractivity contribution in [1.82, 2.24) is 14.5 Å². The van der Waals surface area contributed by atoms with E-state index < -0.39 is 0 Å². The van der Waals surface area contributed by atoms with Gasteiger partial charge in [-0.25, -0.2) is 4.98 Å². The van der Waals surface area contributed by atoms with E-state index >= 15 is 0 Å². The van der Waals surface area contributed by atoms with E-state index in [1.54, 1.807) is 17.4 Å². The molecule has 1 aliphatic rings. The van der Waals surface area contributed by atoms with Crippen molar-refractivity contribution in [3.63, 3.8) is 0 Å². The molecule has 2 aromatic heterocycles. The Balaban J connectivity index is 1.10. The van der Waals surface area contributed by atoms with Gasteiger partial charge in [0, 0.05) is 62.5 Å². The first-order chi connectivity index (χ1) is 28.4. The lowest BCUT2D eigenvalue weighted by atomic mass is 9.88. The average molecular weight is 780 g/mol. The van der Waals surface area contributed by atoms with Gasteiger partial charge in [0.05, 0.1) is 15.8 Å². The molecule has 1 atom stereocenters. The molecule has 1 N–H and O–H groups in total. The first-order valence-electron chi connectivity index (χ1n) is 20.6. The Labute approximate surface area is 342 Å². The van der Waals surface area contributed by atoms with Gasteiger partial charge in [0.2, 0.25) is 0 Å². The highest BCUT2D eigenvalue weighted by molar-refractivity contribution is 7.21. The molecule has 0 fully saturated rings. The minimum Gasteiger partial charge on any atom is -0.507 e. The fourth-order valence-electron chi connectivity index (χ4n) is 8.56. The second-order valence-electron chi connectivity index (χ2n) is 15.5. The number of phenolic OH excluding ortho intramolecular Hbond substituents is 1. The van der Waals surface area contributed by atoms with Crippen LogP contribution in [0.15, 0.2) is 109 Å². The molecule has 7 heteroatoms. The average Bonchev–Trinajstić information content (AvgIpc) is 3.82. The molecule has 9 rings (SSSR count). The molecule has 1 aliphatic heterocycles. The fourth-order valence-corrected chi connectivity index (χ4v) is 9.55. The number of amides is 2. The first kappa shape index (κ1) is 37.4. The third-order valence-electron chi connectivity index (χ3n) is 11.8. The summed E-state index contributed by atoms with van der Waals surface area (Å²) in [6, 6.07) is 36.3. The number of rotatable bonds is 11. The summed E-state index contributed by atoms with van der Waals surface area (Å²) >= 11 is 1.55. The standard InChI is InChI=1S/C51H45N3O3S/c1-4-7-12-32(6-3)31-54-50(56)38-14-11-13-37-36(22-23-39(48(37)38)51(54)57)35-21-25-45-41(30-35)40-28-33(19-24-44(40)53(45)27-8-5-2)17-18-34-20-26-46(55)42(29-34)49-52-43-15-9-10-16-47(43)58-49/h9-11,13-16,19-26,28-30,32,55H,4-8,12,27,31H2,1-3H3. The van der Waals surface area contributed by atoms with Crippen LogP contribution in [0.4, 0.5) is 0 Å². The summed E-state index contributed by atoms with van der Waals surface area (Å²) in [6.45, 7) is 7.89. The number of fused-ring (bicyclic) bond motifs is 4. The molecule has 6 aromatic carbocycles. The first-order valence-corrected chi connectivity index (χ1v) is 21.4. The second kappa shape index (κ2) is 15.6. The minimum absolute atomic E-state index is 0.181. The van der Waals surface area contributed by atoms with Crippen molar-refractivity contribution >= 4 is 65.9 Å². The summed E-state index contributed by atoms with van der Waals surface area (Å²) < 4.78 is 3.48. The molecule has 0 saturated carbocycles. The largest absolute Gasteiger partial charge is 0.507 e. The Kier molecular flexibility index (Phi) is 10.1. The van der Waals surface area contributed by atoms with E-state index in [1.807, 2.05) is 60.7 Å². The van der Waals surface area contributed by atoms with Gasteiger partial charge in [0.15, 0.2) is 0 Å². The van der Waals surface area contributed by atoms with Crippen molar-refractivity contribution < 1.29 is 14.7 Å². The molecule has 0 radical (unpaired) electrons. The Morgan fingerprint density at radius 2 is 1.40 bits per heavy atom. The maximum atomic E-state index is 14.0. The number of aromatic nitrogens is 2. The highest BCUT2D eigenvalue weighted by atomic mass is 32.1. The number of unbranched alkanes of at least 4 members (excludes halogenated alkanes) is 2. The van der Waals surface area contributed by atoms with Crippen molar-refractivity contribution in [3.8, 4) is 39.3 Å². The minimum atomic E-state index is -0.196. The van der Waals surface area contributed by atoms with Crippen molar-refractivity contribution in [2.24, 2.45) is 5.92 Å². The number of aromatic hydroxyl groups is 1. The molecule has 0 bridgehead atoms. The predicted octanol–water partition coefficient (Wildman–Crippen LogP) is 12.6. The van der Waals surface area contributed by atoms with Crippen LogP contribution >= 0.6 is 11.3 Å². The van der Waals surface area contributed by atoms with E-state index in [9.17, 15) is 14.7 Å². The predicted molar refractivity (Wildman–Crippen MR) is 239 cm³/mol. The van der Waals surface area contributed by atoms with Gasteiger partial charge in [0.1, 0.15) is 10.8 Å². The van der Waals surface area contributed by atoms with E-state index in [4.69, 9.17) is 4.98 Å². The number of benzene rings is 6. The SMILES string of the molecule is CCCCC(CC)CN1C(=O)c2cccc3c(-c4ccc5c(c4)c4cc(C#Cc6ccc(O)c(-c7nc8ccccc8s7)c6)ccc4n5CCCC)ccc(c23)C1=O. The van der Waals surface area contributed by atoms with Crippen molar-refractivity contribution in [2.75, 3.05) is 6.54 Å². The summed E-state index contributed by atoms with van der Waals surface area (Å²) in [7, 11) is 0. The third kappa shape index (κ3) is 6.62. The van der Waals surface area contributed by atoms with E-state index in [1.165, 1.54) is 4.90 Å². The molecule has 3 heterocycles. The topological polar surface area (TPSA) is 75.4 Å². The van der Waals surface area contributed by atoms with E-state index in [0.717, 1.165) is 115 Å². The molecule has 2 amide bonds. The zero-order valence-corrected chi connectivity index (χ0v) is 34.0. The number of hydrogen-bond acceptors (Lipinski definition) is 5. The summed E-state index contributed by atoms with van der Waals surface area (Å²) in [5, 5.41) is 15.4. The van der Waals surface area contributed by atoms with Gasteiger partial charge in [-0.3, -0.25) is 14.5 Å². The summed E-state index contributed by atoms with van der Waals surface area (Å²) in [5.74, 6) is 6.83. The van der Waals surface area contributed by atoms with Crippen LogP contribution in [0.1, 0.15) is 91.1 Å². The van der Waals surface area contributed by atoms with Crippen LogP contribution in [0, 0.1) is 17.8 Å². The van der Waals surface area contributed by atoms with E-state index in [0.29, 0.717) is 29.2 Å². The molecule has 0 saturated heterocycles. The number of thiazole rings is 1. The maximum absolute atomic E-state index is 14.0. The van der Waals surface area contributed by atoms with Crippen LogP contribution in [0.3, 0.4) is 0 Å². The van der Waals surface area contributed by atoms with Crippen LogP contribution in [0.5, 0.6) is 5.75 Å². The number of nitrogens with zero attached hydrogens (tertiary/aromatic N) is 3. The highest BCUT2D eigenvalue weighted by Crippen LogP contribution is 2.40. The van der Waals surface area contributed by atoms with Crippen molar-refractivity contribution in [2.45, 2.75) is 65.8 Å². The van der Waals surface area contributed by atoms with Gasteiger partial charge in [-0.05, 0) is 108 Å². The number of aryl methyl sites for hydroxylation is 1. The summed E-state index contributed by atoms with van der Waals surface area (Å²) in [6.07, 6.45) is 6.28. The van der Waals surface area contributed by atoms with Crippen molar-refractivity contribution in [1.29, 1.82) is 0 Å². The number of para-hydroxylation sites is 1. The van der Waals surface area contributed by atoms with Crippen LogP contribution in [-0.4, -0.2) is 37.9 Å². The summed E-state index contributed by atoms with van der Waals surface area (Å²) in [5.41, 5.74) is 8.81. The van der Waals surface area contributed by atoms with Crippen LogP contribution in [0.2, 0.25) is 0 Å². The molecule has 0 aliphatic carbocycles. The molecule has 288 valence electrons. The number of phenols is 1. The molecule has 0 spiro atoms. The van der Waals surface area contributed by atoms with E-state index in [2.05, 4.69) is 79.6 Å². The highest BCUT2D eigenvalue weighted by Gasteiger charge is 2.34.